The number of nitrogens with one attached hydrogen (secondary N) is 1. The van der Waals surface area contributed by atoms with Gasteiger partial charge in [-0.25, -0.2) is 9.78 Å². The number of nitrogens with zero attached hydrogens (tertiary/aromatic N) is 2. The first kappa shape index (κ1) is 18.9. The average Bonchev–Trinajstić information content (AvgIpc) is 3.52. The Balaban J connectivity index is 1.78. The van der Waals surface area contributed by atoms with Crippen LogP contribution in [-0.2, 0) is 9.53 Å². The van der Waals surface area contributed by atoms with E-state index < -0.39 is 18.0 Å². The first-order valence-electron chi connectivity index (χ1n) is 8.59. The first-order valence-corrected chi connectivity index (χ1v) is 9.82. The summed E-state index contributed by atoms with van der Waals surface area (Å²) < 4.78 is 5.33. The molecule has 1 heterocycles. The van der Waals surface area contributed by atoms with Gasteiger partial charge >= 0.3 is 5.97 Å². The van der Waals surface area contributed by atoms with Gasteiger partial charge in [-0.2, -0.15) is 5.26 Å². The lowest BCUT2D eigenvalue weighted by Gasteiger charge is -2.15. The Morgan fingerprint density at radius 1 is 1.33 bits per heavy atom. The number of amides is 1. The van der Waals surface area contributed by atoms with Crippen molar-refractivity contribution in [2.24, 2.45) is 0 Å². The summed E-state index contributed by atoms with van der Waals surface area (Å²) in [6.45, 7) is 1.50. The highest BCUT2D eigenvalue weighted by molar-refractivity contribution is 7.98. The zero-order valence-corrected chi connectivity index (χ0v) is 15.9. The number of aromatic nitrogens is 1. The molecule has 1 aliphatic carbocycles. The van der Waals surface area contributed by atoms with Crippen molar-refractivity contribution in [1.82, 2.24) is 4.98 Å². The van der Waals surface area contributed by atoms with Crippen molar-refractivity contribution in [3.63, 3.8) is 0 Å². The van der Waals surface area contributed by atoms with Gasteiger partial charge in [0.2, 0.25) is 0 Å². The second-order valence-electron chi connectivity index (χ2n) is 6.27. The number of nitriles is 1. The van der Waals surface area contributed by atoms with Gasteiger partial charge in [0, 0.05) is 17.3 Å². The van der Waals surface area contributed by atoms with Crippen LogP contribution in [0.3, 0.4) is 0 Å². The minimum Gasteiger partial charge on any atom is -0.449 e. The van der Waals surface area contributed by atoms with E-state index >= 15 is 0 Å². The van der Waals surface area contributed by atoms with E-state index in [-0.39, 0.29) is 11.1 Å². The molecule has 1 aromatic carbocycles. The standard InChI is InChI=1S/C20H19N3O3S/c1-12(18(24)22-14-6-4-3-5-7-14)26-20(25)15-10-17(13-8-9-13)23-19(27-2)16(15)11-21/h3-7,10,12-13H,8-9H2,1-2H3,(H,22,24)/t12-/m0/s1. The largest absolute Gasteiger partial charge is 0.449 e. The highest BCUT2D eigenvalue weighted by atomic mass is 32.2. The highest BCUT2D eigenvalue weighted by Gasteiger charge is 2.30. The number of pyridine rings is 1. The molecule has 0 bridgehead atoms. The Kier molecular flexibility index (Phi) is 5.77. The number of hydrogen-bond donors (Lipinski definition) is 1. The molecule has 6 nitrogen and oxygen atoms in total. The Morgan fingerprint density at radius 2 is 2.04 bits per heavy atom. The van der Waals surface area contributed by atoms with Crippen molar-refractivity contribution in [3.05, 3.63) is 53.2 Å². The topological polar surface area (TPSA) is 92.1 Å². The van der Waals surface area contributed by atoms with Gasteiger partial charge in [0.05, 0.1) is 11.1 Å². The number of benzene rings is 1. The smallest absolute Gasteiger partial charge is 0.340 e. The zero-order chi connectivity index (χ0) is 19.4. The molecule has 0 spiro atoms. The lowest BCUT2D eigenvalue weighted by Crippen LogP contribution is -2.30. The molecule has 2 aromatic rings. The van der Waals surface area contributed by atoms with Crippen LogP contribution in [0, 0.1) is 11.3 Å². The van der Waals surface area contributed by atoms with Crippen LogP contribution in [-0.4, -0.2) is 29.2 Å². The molecule has 27 heavy (non-hydrogen) atoms. The number of esters is 1. The summed E-state index contributed by atoms with van der Waals surface area (Å²) in [6, 6.07) is 12.6. The third-order valence-electron chi connectivity index (χ3n) is 4.22. The maximum atomic E-state index is 12.7. The first-order chi connectivity index (χ1) is 13.0. The minimum atomic E-state index is -1.00. The SMILES string of the molecule is CSc1nc(C2CC2)cc(C(=O)O[C@@H](C)C(=O)Nc2ccccc2)c1C#N. The second kappa shape index (κ2) is 8.23. The molecule has 0 aliphatic heterocycles. The van der Waals surface area contributed by atoms with Gasteiger partial charge in [0.1, 0.15) is 11.1 Å². The molecular formula is C20H19N3O3S. The fourth-order valence-electron chi connectivity index (χ4n) is 2.59. The van der Waals surface area contributed by atoms with Gasteiger partial charge in [-0.1, -0.05) is 18.2 Å². The van der Waals surface area contributed by atoms with Crippen LogP contribution >= 0.6 is 11.8 Å². The van der Waals surface area contributed by atoms with Crippen LogP contribution in [0.5, 0.6) is 0 Å². The van der Waals surface area contributed by atoms with Crippen LogP contribution in [0.4, 0.5) is 5.69 Å². The van der Waals surface area contributed by atoms with Crippen LogP contribution < -0.4 is 5.32 Å². The van der Waals surface area contributed by atoms with Crippen LogP contribution in [0.15, 0.2) is 41.4 Å². The van der Waals surface area contributed by atoms with Crippen molar-refractivity contribution < 1.29 is 14.3 Å². The normalized spacial score (nSPS) is 14.1. The molecule has 7 heteroatoms. The summed E-state index contributed by atoms with van der Waals surface area (Å²) in [6.07, 6.45) is 2.86. The van der Waals surface area contributed by atoms with Crippen LogP contribution in [0.25, 0.3) is 0 Å². The lowest BCUT2D eigenvalue weighted by atomic mass is 10.1. The molecular weight excluding hydrogens is 362 g/mol. The number of rotatable bonds is 6. The van der Waals surface area contributed by atoms with Crippen molar-refractivity contribution in [1.29, 1.82) is 5.26 Å². The van der Waals surface area contributed by atoms with Gasteiger partial charge < -0.3 is 10.1 Å². The Hall–Kier alpha value is -2.85. The van der Waals surface area contributed by atoms with E-state index in [2.05, 4.69) is 10.3 Å². The molecule has 138 valence electrons. The van der Waals surface area contributed by atoms with E-state index in [0.29, 0.717) is 16.6 Å². The number of ether oxygens (including phenoxy) is 1. The van der Waals surface area contributed by atoms with E-state index in [1.165, 1.54) is 18.7 Å². The van der Waals surface area contributed by atoms with Crippen molar-refractivity contribution >= 4 is 29.3 Å². The van der Waals surface area contributed by atoms with Gasteiger partial charge in [0.15, 0.2) is 6.10 Å². The summed E-state index contributed by atoms with van der Waals surface area (Å²) in [5, 5.41) is 12.7. The summed E-state index contributed by atoms with van der Waals surface area (Å²) >= 11 is 1.32. The van der Waals surface area contributed by atoms with E-state index in [1.807, 2.05) is 18.4 Å². The van der Waals surface area contributed by atoms with Gasteiger partial charge in [-0.05, 0) is 44.2 Å². The molecule has 1 saturated carbocycles. The summed E-state index contributed by atoms with van der Waals surface area (Å²) in [7, 11) is 0. The van der Waals surface area contributed by atoms with Gasteiger partial charge in [-0.3, -0.25) is 4.79 Å². The molecule has 1 atom stereocenters. The quantitative estimate of drug-likeness (QED) is 0.605. The fraction of sp³-hybridized carbons (Fsp3) is 0.300. The minimum absolute atomic E-state index is 0.165. The van der Waals surface area contributed by atoms with Crippen LogP contribution in [0.1, 0.15) is 47.3 Å². The summed E-state index contributed by atoms with van der Waals surface area (Å²) in [4.78, 5) is 29.4. The molecule has 3 rings (SSSR count). The Morgan fingerprint density at radius 3 is 2.63 bits per heavy atom. The fourth-order valence-corrected chi connectivity index (χ4v) is 3.15. The van der Waals surface area contributed by atoms with Gasteiger partial charge in [0.25, 0.3) is 5.91 Å². The van der Waals surface area contributed by atoms with Crippen molar-refractivity contribution in [3.8, 4) is 6.07 Å². The summed E-state index contributed by atoms with van der Waals surface area (Å²) in [5.74, 6) is -0.800. The Labute approximate surface area is 161 Å². The van der Waals surface area contributed by atoms with E-state index in [0.717, 1.165) is 18.5 Å². The molecule has 0 saturated heterocycles. The monoisotopic (exact) mass is 381 g/mol. The third kappa shape index (κ3) is 4.47. The van der Waals surface area contributed by atoms with E-state index in [1.54, 1.807) is 30.3 Å². The molecule has 0 unspecified atom stereocenters. The number of carbonyl (C=O) groups excluding carboxylic acids is 2. The number of hydrogen-bond acceptors (Lipinski definition) is 6. The molecule has 1 N–H and O–H groups in total. The summed E-state index contributed by atoms with van der Waals surface area (Å²) in [5.41, 5.74) is 1.77. The second-order valence-corrected chi connectivity index (χ2v) is 7.06. The molecule has 1 aliphatic rings. The van der Waals surface area contributed by atoms with E-state index in [9.17, 15) is 14.9 Å². The maximum absolute atomic E-state index is 12.7. The maximum Gasteiger partial charge on any atom is 0.340 e. The molecule has 1 amide bonds. The lowest BCUT2D eigenvalue weighted by molar-refractivity contribution is -0.123. The Bertz CT molecular complexity index is 905. The number of anilines is 1. The molecule has 0 radical (unpaired) electrons. The number of carbonyl (C=O) groups is 2. The molecule has 1 aromatic heterocycles. The van der Waals surface area contributed by atoms with Crippen LogP contribution in [0.2, 0.25) is 0 Å². The predicted octanol–water partition coefficient (Wildman–Crippen LogP) is 3.74. The molecule has 1 fully saturated rings. The van der Waals surface area contributed by atoms with Gasteiger partial charge in [-0.15, -0.1) is 11.8 Å². The average molecular weight is 381 g/mol. The van der Waals surface area contributed by atoms with Crippen molar-refractivity contribution in [2.45, 2.75) is 36.8 Å². The number of thioether (sulfide) groups is 1. The predicted molar refractivity (Wildman–Crippen MR) is 103 cm³/mol. The third-order valence-corrected chi connectivity index (χ3v) is 4.90. The van der Waals surface area contributed by atoms with Crippen molar-refractivity contribution in [2.75, 3.05) is 11.6 Å². The number of para-hydroxylation sites is 1. The zero-order valence-electron chi connectivity index (χ0n) is 15.1. The highest BCUT2D eigenvalue weighted by Crippen LogP contribution is 2.40. The van der Waals surface area contributed by atoms with E-state index in [4.69, 9.17) is 4.74 Å².